The average Bonchev–Trinajstić information content (AvgIpc) is 3.42. The number of alkyl halides is 3. The molecule has 0 saturated carbocycles. The number of halogens is 5. The first-order chi connectivity index (χ1) is 15.8. The van der Waals surface area contributed by atoms with Gasteiger partial charge < -0.3 is 4.57 Å². The standard InChI is InChI=1S/C23H13F5N4S/c24-17-3-1-2-16(20(17)25)21-30-18-8-9-32(11-19(18)31-21)10-15-12-33-22(29-15)13-4-6-14(7-5-13)23(26,27)28/h1-9,11-12H,10H2. The molecular weight excluding hydrogens is 459 g/mol. The summed E-state index contributed by atoms with van der Waals surface area (Å²) in [5.74, 6) is -1.87. The van der Waals surface area contributed by atoms with Crippen LogP contribution in [0.5, 0.6) is 0 Å². The van der Waals surface area contributed by atoms with Gasteiger partial charge in [0.15, 0.2) is 17.5 Å². The first-order valence-electron chi connectivity index (χ1n) is 9.68. The molecular formula is C23H13F5N4S. The maximum atomic E-state index is 14.1. The highest BCUT2D eigenvalue weighted by atomic mass is 32.1. The van der Waals surface area contributed by atoms with Crippen LogP contribution in [0.3, 0.4) is 0 Å². The second-order valence-electron chi connectivity index (χ2n) is 7.26. The largest absolute Gasteiger partial charge is 0.416 e. The number of hydrogen-bond donors (Lipinski definition) is 0. The Kier molecular flexibility index (Phi) is 5.16. The zero-order valence-electron chi connectivity index (χ0n) is 16.6. The molecule has 10 heteroatoms. The molecule has 0 amide bonds. The Morgan fingerprint density at radius 1 is 0.879 bits per heavy atom. The summed E-state index contributed by atoms with van der Waals surface area (Å²) < 4.78 is 67.7. The SMILES string of the molecule is Fc1cccc(-c2nc3ccn(Cc4csc(-c5ccc(C(F)(F)F)cc5)n4)cc-3n2)c1F. The van der Waals surface area contributed by atoms with E-state index in [1.54, 1.807) is 18.5 Å². The number of rotatable bonds is 4. The topological polar surface area (TPSA) is 43.6 Å². The molecule has 0 aliphatic carbocycles. The molecule has 4 nitrogen and oxygen atoms in total. The Labute approximate surface area is 188 Å². The molecule has 33 heavy (non-hydrogen) atoms. The first kappa shape index (κ1) is 21.2. The van der Waals surface area contributed by atoms with E-state index in [2.05, 4.69) is 15.0 Å². The molecule has 0 unspecified atom stereocenters. The zero-order chi connectivity index (χ0) is 23.2. The van der Waals surface area contributed by atoms with E-state index in [9.17, 15) is 22.0 Å². The van der Waals surface area contributed by atoms with Gasteiger partial charge in [-0.1, -0.05) is 18.2 Å². The highest BCUT2D eigenvalue weighted by Crippen LogP contribution is 2.32. The van der Waals surface area contributed by atoms with Gasteiger partial charge in [-0.3, -0.25) is 0 Å². The lowest BCUT2D eigenvalue weighted by atomic mass is 10.1. The smallest absolute Gasteiger partial charge is 0.346 e. The van der Waals surface area contributed by atoms with Crippen LogP contribution in [0.25, 0.3) is 33.3 Å². The molecule has 0 N–H and O–H groups in total. The maximum absolute atomic E-state index is 14.1. The minimum Gasteiger partial charge on any atom is -0.346 e. The van der Waals surface area contributed by atoms with E-state index in [0.717, 1.165) is 23.9 Å². The van der Waals surface area contributed by atoms with Crippen LogP contribution in [0.1, 0.15) is 11.3 Å². The second kappa shape index (κ2) is 8.04. The van der Waals surface area contributed by atoms with Crippen molar-refractivity contribution in [2.24, 2.45) is 0 Å². The van der Waals surface area contributed by atoms with Crippen LogP contribution in [0.4, 0.5) is 22.0 Å². The van der Waals surface area contributed by atoms with Crippen molar-refractivity contribution in [3.8, 4) is 33.3 Å². The number of hydrogen-bond acceptors (Lipinski definition) is 4. The molecule has 3 heterocycles. The number of imidazole rings is 1. The fourth-order valence-electron chi connectivity index (χ4n) is 3.35. The Balaban J connectivity index is 1.37. The number of fused-ring (bicyclic) bond motifs is 1. The lowest BCUT2D eigenvalue weighted by molar-refractivity contribution is -0.137. The lowest BCUT2D eigenvalue weighted by Gasteiger charge is -2.07. The number of aromatic nitrogens is 4. The second-order valence-corrected chi connectivity index (χ2v) is 8.11. The highest BCUT2D eigenvalue weighted by molar-refractivity contribution is 7.13. The van der Waals surface area contributed by atoms with Crippen molar-refractivity contribution in [1.82, 2.24) is 19.5 Å². The van der Waals surface area contributed by atoms with Crippen LogP contribution in [0, 0.1) is 11.6 Å². The van der Waals surface area contributed by atoms with Crippen LogP contribution in [0.2, 0.25) is 0 Å². The van der Waals surface area contributed by atoms with Crippen molar-refractivity contribution in [3.05, 3.63) is 89.2 Å². The van der Waals surface area contributed by atoms with Crippen molar-refractivity contribution in [1.29, 1.82) is 0 Å². The summed E-state index contributed by atoms with van der Waals surface area (Å²) in [6.45, 7) is 0.392. The van der Waals surface area contributed by atoms with Crippen molar-refractivity contribution in [3.63, 3.8) is 0 Å². The number of nitrogens with zero attached hydrogens (tertiary/aromatic N) is 4. The van der Waals surface area contributed by atoms with Crippen molar-refractivity contribution in [2.75, 3.05) is 0 Å². The first-order valence-corrected chi connectivity index (χ1v) is 10.6. The Bertz CT molecular complexity index is 1410. The van der Waals surface area contributed by atoms with E-state index in [-0.39, 0.29) is 11.4 Å². The molecule has 2 aromatic carbocycles. The normalized spacial score (nSPS) is 11.9. The molecule has 0 spiro atoms. The monoisotopic (exact) mass is 472 g/mol. The van der Waals surface area contributed by atoms with Gasteiger partial charge in [0.1, 0.15) is 10.7 Å². The summed E-state index contributed by atoms with van der Waals surface area (Å²) in [5, 5.41) is 2.44. The summed E-state index contributed by atoms with van der Waals surface area (Å²) >= 11 is 1.33. The fourth-order valence-corrected chi connectivity index (χ4v) is 4.17. The molecule has 2 aliphatic heterocycles. The van der Waals surface area contributed by atoms with Crippen molar-refractivity contribution >= 4 is 11.3 Å². The fraction of sp³-hybridized carbons (Fsp3) is 0.0870. The summed E-state index contributed by atoms with van der Waals surface area (Å²) in [5.41, 5.74) is 1.64. The molecule has 0 bridgehead atoms. The predicted octanol–water partition coefficient (Wildman–Crippen LogP) is 6.52. The van der Waals surface area contributed by atoms with Gasteiger partial charge in [0.05, 0.1) is 29.1 Å². The van der Waals surface area contributed by atoms with E-state index in [1.165, 1.54) is 35.6 Å². The van der Waals surface area contributed by atoms with Gasteiger partial charge in [-0.2, -0.15) is 13.2 Å². The van der Waals surface area contributed by atoms with E-state index in [4.69, 9.17) is 0 Å². The number of thiazole rings is 1. The van der Waals surface area contributed by atoms with Crippen LogP contribution >= 0.6 is 11.3 Å². The average molecular weight is 472 g/mol. The van der Waals surface area contributed by atoms with E-state index < -0.39 is 23.4 Å². The van der Waals surface area contributed by atoms with Crippen molar-refractivity contribution in [2.45, 2.75) is 12.7 Å². The molecule has 3 aromatic rings. The third-order valence-corrected chi connectivity index (χ3v) is 5.92. The van der Waals surface area contributed by atoms with Crippen LogP contribution in [-0.2, 0) is 12.7 Å². The Morgan fingerprint density at radius 2 is 1.64 bits per heavy atom. The van der Waals surface area contributed by atoms with Gasteiger partial charge >= 0.3 is 6.18 Å². The minimum atomic E-state index is -4.38. The van der Waals surface area contributed by atoms with E-state index >= 15 is 0 Å². The maximum Gasteiger partial charge on any atom is 0.416 e. The van der Waals surface area contributed by atoms with Gasteiger partial charge in [0.25, 0.3) is 0 Å². The number of benzene rings is 2. The summed E-state index contributed by atoms with van der Waals surface area (Å²) in [4.78, 5) is 13.1. The molecule has 1 aromatic heterocycles. The van der Waals surface area contributed by atoms with Gasteiger partial charge in [-0.25, -0.2) is 23.7 Å². The third-order valence-electron chi connectivity index (χ3n) is 4.98. The summed E-state index contributed by atoms with van der Waals surface area (Å²) in [6.07, 6.45) is -0.897. The highest BCUT2D eigenvalue weighted by Gasteiger charge is 2.30. The summed E-state index contributed by atoms with van der Waals surface area (Å²) in [6, 6.07) is 10.4. The molecule has 0 saturated heterocycles. The van der Waals surface area contributed by atoms with E-state index in [0.29, 0.717) is 28.5 Å². The summed E-state index contributed by atoms with van der Waals surface area (Å²) in [7, 11) is 0. The Morgan fingerprint density at radius 3 is 2.39 bits per heavy atom. The van der Waals surface area contributed by atoms with Crippen LogP contribution in [0.15, 0.2) is 66.3 Å². The predicted molar refractivity (Wildman–Crippen MR) is 114 cm³/mol. The number of pyridine rings is 1. The molecule has 166 valence electrons. The van der Waals surface area contributed by atoms with E-state index in [1.807, 2.05) is 9.95 Å². The zero-order valence-corrected chi connectivity index (χ0v) is 17.5. The van der Waals surface area contributed by atoms with Crippen LogP contribution in [-0.4, -0.2) is 19.5 Å². The minimum absolute atomic E-state index is 0.0153. The molecule has 2 aliphatic rings. The van der Waals surface area contributed by atoms with Crippen LogP contribution < -0.4 is 0 Å². The van der Waals surface area contributed by atoms with Gasteiger partial charge in [-0.05, 0) is 30.3 Å². The lowest BCUT2D eigenvalue weighted by Crippen LogP contribution is -2.04. The van der Waals surface area contributed by atoms with Gasteiger partial charge in [-0.15, -0.1) is 11.3 Å². The molecule has 0 atom stereocenters. The molecule has 0 fully saturated rings. The quantitative estimate of drug-likeness (QED) is 0.280. The molecule has 5 rings (SSSR count). The third kappa shape index (κ3) is 4.21. The Hall–Kier alpha value is -3.66. The van der Waals surface area contributed by atoms with Crippen molar-refractivity contribution < 1.29 is 22.0 Å². The van der Waals surface area contributed by atoms with Gasteiger partial charge in [0.2, 0.25) is 0 Å². The molecule has 0 radical (unpaired) electrons. The van der Waals surface area contributed by atoms with Gasteiger partial charge in [0, 0.05) is 23.3 Å².